The first-order valence-corrected chi connectivity index (χ1v) is 5.71. The maximum Gasteiger partial charge on any atom is 0.237 e. The Morgan fingerprint density at radius 2 is 1.94 bits per heavy atom. The summed E-state index contributed by atoms with van der Waals surface area (Å²) in [5, 5.41) is 0. The van der Waals surface area contributed by atoms with E-state index in [1.807, 2.05) is 36.4 Å². The Bertz CT molecular complexity index is 596. The van der Waals surface area contributed by atoms with Gasteiger partial charge in [-0.05, 0) is 18.2 Å². The van der Waals surface area contributed by atoms with E-state index in [2.05, 4.69) is 4.98 Å². The molecule has 1 aromatic heterocycles. The highest BCUT2D eigenvalue weighted by Gasteiger charge is 2.29. The minimum absolute atomic E-state index is 0.0388. The van der Waals surface area contributed by atoms with E-state index in [0.29, 0.717) is 12.3 Å². The number of amides is 1. The molecule has 0 atom stereocenters. The van der Waals surface area contributed by atoms with Crippen LogP contribution in [0.15, 0.2) is 42.5 Å². The average molecular weight is 240 g/mol. The topological polar surface area (TPSA) is 42.4 Å². The molecule has 2 aromatic rings. The summed E-state index contributed by atoms with van der Waals surface area (Å²) in [5.41, 5.74) is 2.48. The predicted molar refractivity (Wildman–Crippen MR) is 68.1 cm³/mol. The van der Waals surface area contributed by atoms with Crippen molar-refractivity contribution in [3.05, 3.63) is 48.2 Å². The summed E-state index contributed by atoms with van der Waals surface area (Å²) in [6, 6.07) is 13.2. The van der Waals surface area contributed by atoms with Crippen LogP contribution >= 0.6 is 0 Å². The van der Waals surface area contributed by atoms with Gasteiger partial charge in [-0.2, -0.15) is 0 Å². The van der Waals surface area contributed by atoms with Crippen LogP contribution in [0.1, 0.15) is 5.69 Å². The molecule has 18 heavy (non-hydrogen) atoms. The molecule has 0 fully saturated rings. The number of carbonyl (C=O) groups is 1. The van der Waals surface area contributed by atoms with Crippen LogP contribution in [0.25, 0.3) is 0 Å². The number of methoxy groups -OCH3 is 1. The fourth-order valence-electron chi connectivity index (χ4n) is 2.14. The second kappa shape index (κ2) is 4.14. The summed E-state index contributed by atoms with van der Waals surface area (Å²) in [4.78, 5) is 18.1. The van der Waals surface area contributed by atoms with Crippen LogP contribution in [0.4, 0.5) is 11.4 Å². The highest BCUT2D eigenvalue weighted by Crippen LogP contribution is 2.35. The van der Waals surface area contributed by atoms with Gasteiger partial charge in [0.15, 0.2) is 0 Å². The number of fused-ring (bicyclic) bond motifs is 1. The van der Waals surface area contributed by atoms with Crippen molar-refractivity contribution in [2.45, 2.75) is 6.42 Å². The van der Waals surface area contributed by atoms with Crippen molar-refractivity contribution >= 4 is 17.3 Å². The van der Waals surface area contributed by atoms with E-state index in [9.17, 15) is 4.79 Å². The standard InChI is InChI=1S/C14H12N2O2/c1-18-13-8-7-12-11(15-13)9-14(17)16(12)10-5-3-2-4-6-10/h2-8H,9H2,1H3. The Labute approximate surface area is 105 Å². The van der Waals surface area contributed by atoms with Crippen molar-refractivity contribution in [3.63, 3.8) is 0 Å². The summed E-state index contributed by atoms with van der Waals surface area (Å²) in [6.07, 6.45) is 0.321. The molecule has 0 radical (unpaired) electrons. The van der Waals surface area contributed by atoms with Gasteiger partial charge in [-0.25, -0.2) is 4.98 Å². The molecule has 2 heterocycles. The van der Waals surface area contributed by atoms with Crippen molar-refractivity contribution < 1.29 is 9.53 Å². The van der Waals surface area contributed by atoms with Crippen molar-refractivity contribution in [1.29, 1.82) is 0 Å². The number of anilines is 2. The van der Waals surface area contributed by atoms with Gasteiger partial charge in [0.1, 0.15) is 0 Å². The number of hydrogen-bond donors (Lipinski definition) is 0. The molecule has 0 bridgehead atoms. The molecule has 0 saturated heterocycles. The lowest BCUT2D eigenvalue weighted by Crippen LogP contribution is -2.20. The quantitative estimate of drug-likeness (QED) is 0.809. The predicted octanol–water partition coefficient (Wildman–Crippen LogP) is 2.31. The molecule has 4 heteroatoms. The third kappa shape index (κ3) is 1.62. The molecule has 90 valence electrons. The van der Waals surface area contributed by atoms with Crippen LogP contribution in [0.5, 0.6) is 5.88 Å². The van der Waals surface area contributed by atoms with Gasteiger partial charge in [0.05, 0.1) is 24.9 Å². The fraction of sp³-hybridized carbons (Fsp3) is 0.143. The van der Waals surface area contributed by atoms with E-state index in [0.717, 1.165) is 17.1 Å². The number of ether oxygens (including phenoxy) is 1. The Hall–Kier alpha value is -2.36. The van der Waals surface area contributed by atoms with Gasteiger partial charge < -0.3 is 4.74 Å². The van der Waals surface area contributed by atoms with Gasteiger partial charge >= 0.3 is 0 Å². The van der Waals surface area contributed by atoms with Crippen molar-refractivity contribution in [2.24, 2.45) is 0 Å². The Balaban J connectivity index is 2.07. The molecule has 1 amide bonds. The normalized spacial score (nSPS) is 13.6. The molecule has 0 saturated carbocycles. The lowest BCUT2D eigenvalue weighted by molar-refractivity contribution is -0.116. The van der Waals surface area contributed by atoms with Gasteiger partial charge in [0.2, 0.25) is 11.8 Å². The Morgan fingerprint density at radius 3 is 2.67 bits per heavy atom. The zero-order valence-corrected chi connectivity index (χ0v) is 9.96. The molecule has 4 nitrogen and oxygen atoms in total. The zero-order chi connectivity index (χ0) is 12.5. The molecule has 1 aromatic carbocycles. The van der Waals surface area contributed by atoms with Gasteiger partial charge in [0, 0.05) is 11.8 Å². The van der Waals surface area contributed by atoms with Crippen LogP contribution in [0, 0.1) is 0 Å². The second-order valence-electron chi connectivity index (χ2n) is 4.06. The minimum Gasteiger partial charge on any atom is -0.481 e. The number of rotatable bonds is 2. The smallest absolute Gasteiger partial charge is 0.237 e. The monoisotopic (exact) mass is 240 g/mol. The second-order valence-corrected chi connectivity index (χ2v) is 4.06. The van der Waals surface area contributed by atoms with E-state index in [-0.39, 0.29) is 5.91 Å². The Kier molecular flexibility index (Phi) is 2.48. The summed E-state index contributed by atoms with van der Waals surface area (Å²) < 4.78 is 5.07. The number of pyridine rings is 1. The molecule has 0 spiro atoms. The van der Waals surface area contributed by atoms with Gasteiger partial charge in [-0.3, -0.25) is 9.69 Å². The fourth-order valence-corrected chi connectivity index (χ4v) is 2.14. The van der Waals surface area contributed by atoms with Crippen molar-refractivity contribution in [2.75, 3.05) is 12.0 Å². The van der Waals surface area contributed by atoms with E-state index in [1.165, 1.54) is 0 Å². The first-order valence-electron chi connectivity index (χ1n) is 5.71. The highest BCUT2D eigenvalue weighted by molar-refractivity contribution is 6.06. The molecule has 0 N–H and O–H groups in total. The molecule has 0 aliphatic carbocycles. The first-order chi connectivity index (χ1) is 8.79. The van der Waals surface area contributed by atoms with Crippen molar-refractivity contribution in [1.82, 2.24) is 4.98 Å². The third-order valence-corrected chi connectivity index (χ3v) is 2.96. The van der Waals surface area contributed by atoms with Gasteiger partial charge in [-0.1, -0.05) is 18.2 Å². The summed E-state index contributed by atoms with van der Waals surface area (Å²) in [7, 11) is 1.57. The molecular formula is C14H12N2O2. The lowest BCUT2D eigenvalue weighted by atomic mass is 10.2. The third-order valence-electron chi connectivity index (χ3n) is 2.96. The SMILES string of the molecule is COc1ccc2c(n1)CC(=O)N2c1ccccc1. The number of para-hydroxylation sites is 1. The zero-order valence-electron chi connectivity index (χ0n) is 9.96. The summed E-state index contributed by atoms with van der Waals surface area (Å²) >= 11 is 0. The van der Waals surface area contributed by atoms with Crippen LogP contribution in [-0.2, 0) is 11.2 Å². The van der Waals surface area contributed by atoms with Gasteiger partial charge in [0.25, 0.3) is 0 Å². The number of carbonyl (C=O) groups excluding carboxylic acids is 1. The van der Waals surface area contributed by atoms with E-state index < -0.39 is 0 Å². The number of hydrogen-bond acceptors (Lipinski definition) is 3. The number of aromatic nitrogens is 1. The Morgan fingerprint density at radius 1 is 1.17 bits per heavy atom. The molecule has 3 rings (SSSR count). The maximum atomic E-state index is 12.1. The molecule has 1 aliphatic heterocycles. The largest absolute Gasteiger partial charge is 0.481 e. The summed E-state index contributed by atoms with van der Waals surface area (Å²) in [6.45, 7) is 0. The maximum absolute atomic E-state index is 12.1. The lowest BCUT2D eigenvalue weighted by Gasteiger charge is -2.17. The van der Waals surface area contributed by atoms with Crippen LogP contribution in [-0.4, -0.2) is 18.0 Å². The van der Waals surface area contributed by atoms with Crippen LogP contribution in [0.3, 0.4) is 0 Å². The minimum atomic E-state index is 0.0388. The van der Waals surface area contributed by atoms with E-state index in [1.54, 1.807) is 18.1 Å². The highest BCUT2D eigenvalue weighted by atomic mass is 16.5. The van der Waals surface area contributed by atoms with E-state index in [4.69, 9.17) is 4.74 Å². The van der Waals surface area contributed by atoms with E-state index >= 15 is 0 Å². The van der Waals surface area contributed by atoms with Crippen LogP contribution < -0.4 is 9.64 Å². The number of benzene rings is 1. The molecule has 1 aliphatic rings. The summed E-state index contributed by atoms with van der Waals surface area (Å²) in [5.74, 6) is 0.577. The van der Waals surface area contributed by atoms with Gasteiger partial charge in [-0.15, -0.1) is 0 Å². The molecular weight excluding hydrogens is 228 g/mol. The first kappa shape index (κ1) is 10.8. The van der Waals surface area contributed by atoms with Crippen LogP contribution in [0.2, 0.25) is 0 Å². The van der Waals surface area contributed by atoms with Crippen molar-refractivity contribution in [3.8, 4) is 5.88 Å². The average Bonchev–Trinajstić information content (AvgIpc) is 2.74. The number of nitrogens with zero attached hydrogens (tertiary/aromatic N) is 2. The molecule has 0 unspecified atom stereocenters.